The van der Waals surface area contributed by atoms with Crippen molar-refractivity contribution in [2.75, 3.05) is 20.7 Å². The molecule has 0 spiro atoms. The predicted octanol–water partition coefficient (Wildman–Crippen LogP) is 1.36. The van der Waals surface area contributed by atoms with Gasteiger partial charge in [0.1, 0.15) is 0 Å². The Bertz CT molecular complexity index is 358. The van der Waals surface area contributed by atoms with Gasteiger partial charge in [-0.1, -0.05) is 0 Å². The lowest BCUT2D eigenvalue weighted by atomic mass is 10.0. The highest BCUT2D eigenvalue weighted by atomic mass is 19.2. The summed E-state index contributed by atoms with van der Waals surface area (Å²) in [6.07, 6.45) is -1.07. The van der Waals surface area contributed by atoms with E-state index in [-0.39, 0.29) is 18.7 Å². The number of aliphatic hydroxyl groups is 1. The van der Waals surface area contributed by atoms with Crippen LogP contribution in [-0.4, -0.2) is 25.8 Å². The monoisotopic (exact) mass is 231 g/mol. The molecule has 1 unspecified atom stereocenters. The Hall–Kier alpha value is -1.04. The van der Waals surface area contributed by atoms with Crippen molar-refractivity contribution < 1.29 is 18.6 Å². The summed E-state index contributed by atoms with van der Waals surface area (Å²) >= 11 is 0. The number of aliphatic hydroxyl groups excluding tert-OH is 1. The number of benzene rings is 1. The molecule has 1 rings (SSSR count). The third-order valence-electron chi connectivity index (χ3n) is 2.18. The Morgan fingerprint density at radius 2 is 2.12 bits per heavy atom. The molecule has 0 fully saturated rings. The van der Waals surface area contributed by atoms with Gasteiger partial charge in [-0.25, -0.2) is 8.78 Å². The molecule has 0 aliphatic heterocycles. The summed E-state index contributed by atoms with van der Waals surface area (Å²) in [5.41, 5.74) is 0.438. The average molecular weight is 231 g/mol. The zero-order chi connectivity index (χ0) is 12.1. The number of methoxy groups -OCH3 is 1. The van der Waals surface area contributed by atoms with Gasteiger partial charge in [-0.3, -0.25) is 0 Å². The first-order valence-electron chi connectivity index (χ1n) is 4.89. The maximum atomic E-state index is 13.4. The van der Waals surface area contributed by atoms with Gasteiger partial charge in [0.05, 0.1) is 12.7 Å². The van der Waals surface area contributed by atoms with Crippen LogP contribution in [0.2, 0.25) is 0 Å². The van der Waals surface area contributed by atoms with Gasteiger partial charge in [0, 0.05) is 19.2 Å². The van der Waals surface area contributed by atoms with Crippen LogP contribution >= 0.6 is 0 Å². The molecule has 0 aliphatic carbocycles. The second-order valence-electron chi connectivity index (χ2n) is 3.49. The van der Waals surface area contributed by atoms with E-state index in [1.807, 2.05) is 0 Å². The van der Waals surface area contributed by atoms with E-state index < -0.39 is 17.7 Å². The first-order chi connectivity index (χ1) is 7.60. The van der Waals surface area contributed by atoms with Crippen molar-refractivity contribution in [3.63, 3.8) is 0 Å². The topological polar surface area (TPSA) is 41.5 Å². The zero-order valence-electron chi connectivity index (χ0n) is 9.26. The van der Waals surface area contributed by atoms with Crippen molar-refractivity contribution >= 4 is 0 Å². The van der Waals surface area contributed by atoms with E-state index in [2.05, 4.69) is 5.32 Å². The van der Waals surface area contributed by atoms with Crippen molar-refractivity contribution in [1.82, 2.24) is 5.32 Å². The molecular formula is C11H15F2NO2. The number of halogens is 2. The van der Waals surface area contributed by atoms with Crippen molar-refractivity contribution in [3.8, 4) is 0 Å². The number of rotatable bonds is 5. The van der Waals surface area contributed by atoms with Crippen molar-refractivity contribution in [2.24, 2.45) is 0 Å². The van der Waals surface area contributed by atoms with Gasteiger partial charge in [0.15, 0.2) is 11.6 Å². The van der Waals surface area contributed by atoms with Crippen molar-refractivity contribution in [3.05, 3.63) is 34.9 Å². The highest BCUT2D eigenvalue weighted by Crippen LogP contribution is 2.21. The number of ether oxygens (including phenoxy) is 1. The van der Waals surface area contributed by atoms with E-state index in [1.165, 1.54) is 13.2 Å². The summed E-state index contributed by atoms with van der Waals surface area (Å²) in [5, 5.41) is 12.3. The summed E-state index contributed by atoms with van der Waals surface area (Å²) in [5.74, 6) is -1.98. The highest BCUT2D eigenvalue weighted by Gasteiger charge is 2.17. The maximum absolute atomic E-state index is 13.4. The van der Waals surface area contributed by atoms with E-state index in [0.29, 0.717) is 5.56 Å². The molecule has 0 saturated carbocycles. The van der Waals surface area contributed by atoms with E-state index in [9.17, 15) is 13.9 Å². The predicted molar refractivity (Wildman–Crippen MR) is 56.0 cm³/mol. The minimum atomic E-state index is -1.07. The molecule has 3 nitrogen and oxygen atoms in total. The van der Waals surface area contributed by atoms with Crippen molar-refractivity contribution in [2.45, 2.75) is 12.7 Å². The molecule has 0 amide bonds. The van der Waals surface area contributed by atoms with Crippen LogP contribution in [0.3, 0.4) is 0 Å². The number of likely N-dealkylation sites (N-methyl/N-ethyl adjacent to an activating group) is 1. The molecule has 16 heavy (non-hydrogen) atoms. The van der Waals surface area contributed by atoms with Crippen LogP contribution in [0.25, 0.3) is 0 Å². The smallest absolute Gasteiger partial charge is 0.164 e. The standard InChI is InChI=1S/C11H15F2NO2/c1-14-5-10(15)8-3-7(6-16-2)4-9(12)11(8)13/h3-4,10,14-15H,5-6H2,1-2H3. The summed E-state index contributed by atoms with van der Waals surface area (Å²) in [6.45, 7) is 0.337. The molecule has 0 radical (unpaired) electrons. The second kappa shape index (κ2) is 5.89. The second-order valence-corrected chi connectivity index (χ2v) is 3.49. The summed E-state index contributed by atoms with van der Waals surface area (Å²) in [7, 11) is 3.08. The van der Waals surface area contributed by atoms with Gasteiger partial charge in [-0.2, -0.15) is 0 Å². The van der Waals surface area contributed by atoms with Crippen LogP contribution in [0, 0.1) is 11.6 Å². The van der Waals surface area contributed by atoms with Crippen LogP contribution < -0.4 is 5.32 Å². The Kier molecular flexibility index (Phi) is 4.79. The molecule has 2 N–H and O–H groups in total. The van der Waals surface area contributed by atoms with Crippen LogP contribution in [0.4, 0.5) is 8.78 Å². The fourth-order valence-corrected chi connectivity index (χ4v) is 1.46. The molecule has 0 heterocycles. The number of hydrogen-bond donors (Lipinski definition) is 2. The van der Waals surface area contributed by atoms with Crippen LogP contribution in [0.15, 0.2) is 12.1 Å². The number of nitrogens with one attached hydrogen (secondary N) is 1. The summed E-state index contributed by atoms with van der Waals surface area (Å²) < 4.78 is 31.4. The molecule has 1 atom stereocenters. The van der Waals surface area contributed by atoms with Gasteiger partial charge in [-0.05, 0) is 24.7 Å². The lowest BCUT2D eigenvalue weighted by Crippen LogP contribution is -2.18. The summed E-state index contributed by atoms with van der Waals surface area (Å²) in [6, 6.07) is 2.47. The fourth-order valence-electron chi connectivity index (χ4n) is 1.46. The Labute approximate surface area is 93.0 Å². The third kappa shape index (κ3) is 2.98. The zero-order valence-corrected chi connectivity index (χ0v) is 9.26. The SMILES string of the molecule is CNCC(O)c1cc(COC)cc(F)c1F. The lowest BCUT2D eigenvalue weighted by molar-refractivity contribution is 0.168. The molecular weight excluding hydrogens is 216 g/mol. The van der Waals surface area contributed by atoms with E-state index in [1.54, 1.807) is 7.05 Å². The molecule has 0 saturated heterocycles. The fraction of sp³-hybridized carbons (Fsp3) is 0.455. The molecule has 5 heteroatoms. The quantitative estimate of drug-likeness (QED) is 0.804. The van der Waals surface area contributed by atoms with Gasteiger partial charge in [-0.15, -0.1) is 0 Å². The van der Waals surface area contributed by atoms with E-state index >= 15 is 0 Å². The van der Waals surface area contributed by atoms with Crippen LogP contribution in [0.5, 0.6) is 0 Å². The van der Waals surface area contributed by atoms with Gasteiger partial charge < -0.3 is 15.2 Å². The Morgan fingerprint density at radius 3 is 2.69 bits per heavy atom. The molecule has 0 aliphatic rings. The first-order valence-corrected chi connectivity index (χ1v) is 4.89. The average Bonchev–Trinajstić information content (AvgIpc) is 2.23. The normalized spacial score (nSPS) is 12.8. The molecule has 1 aromatic rings. The minimum absolute atomic E-state index is 0.0543. The van der Waals surface area contributed by atoms with Gasteiger partial charge in [0.2, 0.25) is 0 Å². The highest BCUT2D eigenvalue weighted by molar-refractivity contribution is 5.28. The molecule has 0 aromatic heterocycles. The molecule has 90 valence electrons. The maximum Gasteiger partial charge on any atom is 0.164 e. The summed E-state index contributed by atoms with van der Waals surface area (Å²) in [4.78, 5) is 0. The largest absolute Gasteiger partial charge is 0.387 e. The number of hydrogen-bond acceptors (Lipinski definition) is 3. The Morgan fingerprint density at radius 1 is 1.44 bits per heavy atom. The lowest BCUT2D eigenvalue weighted by Gasteiger charge is -2.13. The van der Waals surface area contributed by atoms with Crippen LogP contribution in [-0.2, 0) is 11.3 Å². The van der Waals surface area contributed by atoms with Crippen LogP contribution in [0.1, 0.15) is 17.2 Å². The molecule has 1 aromatic carbocycles. The third-order valence-corrected chi connectivity index (χ3v) is 2.18. The van der Waals surface area contributed by atoms with E-state index in [0.717, 1.165) is 6.07 Å². The minimum Gasteiger partial charge on any atom is -0.387 e. The Balaban J connectivity index is 3.05. The first kappa shape index (κ1) is 13.0. The van der Waals surface area contributed by atoms with Crippen molar-refractivity contribution in [1.29, 1.82) is 0 Å². The molecule has 0 bridgehead atoms. The van der Waals surface area contributed by atoms with E-state index in [4.69, 9.17) is 4.74 Å². The van der Waals surface area contributed by atoms with Gasteiger partial charge >= 0.3 is 0 Å². The van der Waals surface area contributed by atoms with Gasteiger partial charge in [0.25, 0.3) is 0 Å².